The minimum absolute atomic E-state index is 0.129. The third-order valence-corrected chi connectivity index (χ3v) is 5.37. The van der Waals surface area contributed by atoms with E-state index in [2.05, 4.69) is 52.6 Å². The highest BCUT2D eigenvalue weighted by atomic mass is 35.5. The molecule has 0 aliphatic heterocycles. The molecule has 2 nitrogen and oxygen atoms in total. The Morgan fingerprint density at radius 3 is 2.32 bits per heavy atom. The van der Waals surface area contributed by atoms with Crippen molar-refractivity contribution in [1.82, 2.24) is 4.90 Å². The average molecular weight is 303 g/mol. The van der Waals surface area contributed by atoms with Gasteiger partial charge in [0.2, 0.25) is 0 Å². The molecular formula is C15H27ClN2S. The van der Waals surface area contributed by atoms with E-state index < -0.39 is 0 Å². The largest absolute Gasteiger partial charge is 0.326 e. The summed E-state index contributed by atoms with van der Waals surface area (Å²) in [5, 5.41) is 0. The van der Waals surface area contributed by atoms with Gasteiger partial charge in [-0.05, 0) is 37.9 Å². The molecule has 3 unspecified atom stereocenters. The fourth-order valence-corrected chi connectivity index (χ4v) is 3.57. The van der Waals surface area contributed by atoms with Crippen LogP contribution < -0.4 is 5.73 Å². The third-order valence-electron chi connectivity index (χ3n) is 4.07. The molecule has 0 aromatic carbocycles. The van der Waals surface area contributed by atoms with Crippen LogP contribution in [0, 0.1) is 5.41 Å². The Hall–Kier alpha value is -0.0900. The van der Waals surface area contributed by atoms with Gasteiger partial charge in [0.15, 0.2) is 0 Å². The van der Waals surface area contributed by atoms with E-state index in [1.54, 1.807) is 11.3 Å². The number of hydrogen-bond acceptors (Lipinski definition) is 3. The SMILES string of the molecule is CCC(N)C(c1ccc(Cl)s1)N(C)C(C)C(C)(C)C. The topological polar surface area (TPSA) is 29.3 Å². The minimum Gasteiger partial charge on any atom is -0.326 e. The first-order valence-electron chi connectivity index (χ1n) is 6.91. The van der Waals surface area contributed by atoms with Crippen LogP contribution >= 0.6 is 22.9 Å². The van der Waals surface area contributed by atoms with Crippen LogP contribution in [0.3, 0.4) is 0 Å². The van der Waals surface area contributed by atoms with Gasteiger partial charge in [-0.1, -0.05) is 39.3 Å². The summed E-state index contributed by atoms with van der Waals surface area (Å²) in [4.78, 5) is 3.66. The quantitative estimate of drug-likeness (QED) is 0.865. The molecule has 0 aliphatic carbocycles. The van der Waals surface area contributed by atoms with E-state index in [0.717, 1.165) is 10.8 Å². The van der Waals surface area contributed by atoms with E-state index in [9.17, 15) is 0 Å². The molecule has 3 atom stereocenters. The molecule has 0 saturated carbocycles. The summed E-state index contributed by atoms with van der Waals surface area (Å²) >= 11 is 7.73. The first-order chi connectivity index (χ1) is 8.68. The summed E-state index contributed by atoms with van der Waals surface area (Å²) < 4.78 is 0.833. The maximum absolute atomic E-state index is 6.36. The molecule has 1 heterocycles. The molecule has 110 valence electrons. The number of thiophene rings is 1. The summed E-state index contributed by atoms with van der Waals surface area (Å²) in [5.41, 5.74) is 6.59. The number of hydrogen-bond donors (Lipinski definition) is 1. The van der Waals surface area contributed by atoms with Gasteiger partial charge in [-0.3, -0.25) is 4.90 Å². The van der Waals surface area contributed by atoms with Gasteiger partial charge in [0.05, 0.1) is 10.4 Å². The smallest absolute Gasteiger partial charge is 0.0931 e. The minimum atomic E-state index is 0.129. The van der Waals surface area contributed by atoms with Gasteiger partial charge in [0.1, 0.15) is 0 Å². The second kappa shape index (κ2) is 6.57. The van der Waals surface area contributed by atoms with Crippen molar-refractivity contribution >= 4 is 22.9 Å². The van der Waals surface area contributed by atoms with Crippen LogP contribution in [0.5, 0.6) is 0 Å². The summed E-state index contributed by atoms with van der Waals surface area (Å²) in [6.07, 6.45) is 0.960. The number of halogens is 1. The standard InChI is InChI=1S/C15H27ClN2S/c1-7-11(17)14(12-8-9-13(16)19-12)18(6)10(2)15(3,4)5/h8-11,14H,7,17H2,1-6H3. The third kappa shape index (κ3) is 4.19. The van der Waals surface area contributed by atoms with Gasteiger partial charge in [-0.15, -0.1) is 11.3 Å². The van der Waals surface area contributed by atoms with Crippen molar-refractivity contribution in [2.24, 2.45) is 11.1 Å². The molecule has 0 bridgehead atoms. The summed E-state index contributed by atoms with van der Waals surface area (Å²) in [6, 6.07) is 4.88. The van der Waals surface area contributed by atoms with E-state index in [1.165, 1.54) is 4.88 Å². The molecule has 0 radical (unpaired) electrons. The van der Waals surface area contributed by atoms with Gasteiger partial charge in [0.25, 0.3) is 0 Å². The van der Waals surface area contributed by atoms with Gasteiger partial charge >= 0.3 is 0 Å². The Morgan fingerprint density at radius 2 is 1.95 bits per heavy atom. The molecule has 1 rings (SSSR count). The lowest BCUT2D eigenvalue weighted by atomic mass is 9.85. The van der Waals surface area contributed by atoms with Crippen molar-refractivity contribution in [3.05, 3.63) is 21.3 Å². The lowest BCUT2D eigenvalue weighted by molar-refractivity contribution is 0.0847. The van der Waals surface area contributed by atoms with Gasteiger partial charge < -0.3 is 5.73 Å². The number of nitrogens with two attached hydrogens (primary N) is 1. The summed E-state index contributed by atoms with van der Waals surface area (Å²) in [6.45, 7) is 11.2. The van der Waals surface area contributed by atoms with E-state index in [1.807, 2.05) is 6.07 Å². The Balaban J connectivity index is 3.04. The summed E-state index contributed by atoms with van der Waals surface area (Å²) in [5.74, 6) is 0. The molecule has 19 heavy (non-hydrogen) atoms. The zero-order valence-electron chi connectivity index (χ0n) is 12.9. The lowest BCUT2D eigenvalue weighted by Crippen LogP contribution is -2.47. The van der Waals surface area contributed by atoms with E-state index in [-0.39, 0.29) is 17.5 Å². The van der Waals surface area contributed by atoms with Crippen LogP contribution in [-0.2, 0) is 0 Å². The second-order valence-corrected chi connectivity index (χ2v) is 8.11. The van der Waals surface area contributed by atoms with Crippen molar-refractivity contribution in [2.75, 3.05) is 7.05 Å². The molecule has 0 spiro atoms. The highest BCUT2D eigenvalue weighted by Gasteiger charge is 2.32. The second-order valence-electron chi connectivity index (χ2n) is 6.37. The Kier molecular flexibility index (Phi) is 5.87. The van der Waals surface area contributed by atoms with Gasteiger partial charge in [-0.2, -0.15) is 0 Å². The van der Waals surface area contributed by atoms with Crippen molar-refractivity contribution in [3.8, 4) is 0 Å². The highest BCUT2D eigenvalue weighted by Crippen LogP contribution is 2.36. The molecule has 1 aromatic heterocycles. The maximum Gasteiger partial charge on any atom is 0.0931 e. The average Bonchev–Trinajstić information content (AvgIpc) is 2.73. The van der Waals surface area contributed by atoms with E-state index >= 15 is 0 Å². The van der Waals surface area contributed by atoms with Gasteiger partial charge in [-0.25, -0.2) is 0 Å². The van der Waals surface area contributed by atoms with Crippen LogP contribution in [-0.4, -0.2) is 24.0 Å². The fraction of sp³-hybridized carbons (Fsp3) is 0.733. The van der Waals surface area contributed by atoms with Crippen LogP contribution in [0.25, 0.3) is 0 Å². The Bertz CT molecular complexity index is 397. The monoisotopic (exact) mass is 302 g/mol. The maximum atomic E-state index is 6.36. The highest BCUT2D eigenvalue weighted by molar-refractivity contribution is 7.16. The van der Waals surface area contributed by atoms with Crippen LogP contribution in [0.2, 0.25) is 4.34 Å². The van der Waals surface area contributed by atoms with Gasteiger partial charge in [0, 0.05) is 17.0 Å². The zero-order chi connectivity index (χ0) is 14.8. The normalized spacial score (nSPS) is 17.5. The summed E-state index contributed by atoms with van der Waals surface area (Å²) in [7, 11) is 2.17. The van der Waals surface area contributed by atoms with E-state index in [0.29, 0.717) is 6.04 Å². The number of likely N-dealkylation sites (N-methyl/N-ethyl adjacent to an activating group) is 1. The van der Waals surface area contributed by atoms with Crippen LogP contribution in [0.4, 0.5) is 0 Å². The molecule has 0 saturated heterocycles. The zero-order valence-corrected chi connectivity index (χ0v) is 14.5. The molecule has 0 aliphatic rings. The Morgan fingerprint density at radius 1 is 1.37 bits per heavy atom. The molecule has 0 fully saturated rings. The van der Waals surface area contributed by atoms with E-state index in [4.69, 9.17) is 17.3 Å². The van der Waals surface area contributed by atoms with Crippen molar-refractivity contribution in [2.45, 2.75) is 59.2 Å². The molecular weight excluding hydrogens is 276 g/mol. The fourth-order valence-electron chi connectivity index (χ4n) is 2.28. The van der Waals surface area contributed by atoms with Crippen LogP contribution in [0.1, 0.15) is 52.0 Å². The van der Waals surface area contributed by atoms with Crippen molar-refractivity contribution < 1.29 is 0 Å². The number of nitrogens with zero attached hydrogens (tertiary/aromatic N) is 1. The molecule has 0 amide bonds. The molecule has 1 aromatic rings. The van der Waals surface area contributed by atoms with Crippen LogP contribution in [0.15, 0.2) is 12.1 Å². The predicted molar refractivity (Wildman–Crippen MR) is 87.0 cm³/mol. The predicted octanol–water partition coefficient (Wildman–Crippen LogP) is 4.55. The molecule has 2 N–H and O–H groups in total. The lowest BCUT2D eigenvalue weighted by Gasteiger charge is -2.42. The number of rotatable bonds is 5. The first kappa shape index (κ1) is 17.0. The van der Waals surface area contributed by atoms with Crippen molar-refractivity contribution in [1.29, 1.82) is 0 Å². The van der Waals surface area contributed by atoms with Crippen molar-refractivity contribution in [3.63, 3.8) is 0 Å². The first-order valence-corrected chi connectivity index (χ1v) is 8.10. The molecule has 4 heteroatoms. The Labute approximate surface area is 126 Å².